The number of aromatic nitrogens is 1. The lowest BCUT2D eigenvalue weighted by molar-refractivity contribution is -0.142. The largest absolute Gasteiger partial charge is 0.481 e. The quantitative estimate of drug-likeness (QED) is 0.715. The number of carbonyl (C=O) groups excluding carboxylic acids is 1. The number of hydrogen-bond donors (Lipinski definition) is 3. The molecule has 3 N–H and O–H groups in total. The van der Waals surface area contributed by atoms with Crippen molar-refractivity contribution in [2.45, 2.75) is 19.8 Å². The summed E-state index contributed by atoms with van der Waals surface area (Å²) in [6, 6.07) is 3.35. The number of aliphatic carboxylic acids is 1. The molecule has 0 saturated heterocycles. The molecule has 0 unspecified atom stereocenters. The smallest absolute Gasteiger partial charge is 0.311 e. The maximum absolute atomic E-state index is 11.6. The van der Waals surface area contributed by atoms with Gasteiger partial charge in [0, 0.05) is 25.0 Å². The number of rotatable bonds is 6. The van der Waals surface area contributed by atoms with E-state index in [0.717, 1.165) is 0 Å². The number of nitrogens with one attached hydrogen (secondary N) is 2. The highest BCUT2D eigenvalue weighted by atomic mass is 16.4. The fourth-order valence-corrected chi connectivity index (χ4v) is 1.80. The highest BCUT2D eigenvalue weighted by Crippen LogP contribution is 2.45. The molecule has 6 heteroatoms. The van der Waals surface area contributed by atoms with Gasteiger partial charge < -0.3 is 15.7 Å². The zero-order valence-corrected chi connectivity index (χ0v) is 10.8. The van der Waals surface area contributed by atoms with E-state index in [0.29, 0.717) is 37.3 Å². The van der Waals surface area contributed by atoms with E-state index in [2.05, 4.69) is 15.6 Å². The minimum Gasteiger partial charge on any atom is -0.481 e. The number of anilines is 1. The van der Waals surface area contributed by atoms with E-state index in [1.807, 2.05) is 6.92 Å². The van der Waals surface area contributed by atoms with E-state index >= 15 is 0 Å². The van der Waals surface area contributed by atoms with Gasteiger partial charge in [-0.1, -0.05) is 0 Å². The summed E-state index contributed by atoms with van der Waals surface area (Å²) in [7, 11) is 0. The molecule has 1 fully saturated rings. The molecule has 1 aliphatic carbocycles. The molecule has 0 atom stereocenters. The molecule has 0 aliphatic heterocycles. The van der Waals surface area contributed by atoms with Crippen molar-refractivity contribution in [2.24, 2.45) is 5.41 Å². The first kappa shape index (κ1) is 13.3. The zero-order chi connectivity index (χ0) is 13.9. The summed E-state index contributed by atoms with van der Waals surface area (Å²) in [6.07, 6.45) is 2.93. The Kier molecular flexibility index (Phi) is 3.69. The Morgan fingerprint density at radius 2 is 2.21 bits per heavy atom. The monoisotopic (exact) mass is 263 g/mol. The first-order valence-corrected chi connectivity index (χ1v) is 6.29. The molecule has 19 heavy (non-hydrogen) atoms. The Bertz CT molecular complexity index is 498. The molecule has 102 valence electrons. The molecule has 0 bridgehead atoms. The second-order valence-corrected chi connectivity index (χ2v) is 4.73. The number of amides is 1. The van der Waals surface area contributed by atoms with Crippen molar-refractivity contribution in [3.05, 3.63) is 24.0 Å². The molecule has 0 radical (unpaired) electrons. The molecule has 6 nitrogen and oxygen atoms in total. The predicted molar refractivity (Wildman–Crippen MR) is 70.0 cm³/mol. The lowest BCUT2D eigenvalue weighted by Gasteiger charge is -2.12. The Morgan fingerprint density at radius 3 is 2.79 bits per heavy atom. The third-order valence-electron chi connectivity index (χ3n) is 3.27. The Labute approximate surface area is 111 Å². The second-order valence-electron chi connectivity index (χ2n) is 4.73. The maximum atomic E-state index is 11.6. The summed E-state index contributed by atoms with van der Waals surface area (Å²) >= 11 is 0. The van der Waals surface area contributed by atoms with Gasteiger partial charge in [-0.2, -0.15) is 0 Å². The van der Waals surface area contributed by atoms with E-state index in [9.17, 15) is 9.59 Å². The van der Waals surface area contributed by atoms with Crippen molar-refractivity contribution in [1.82, 2.24) is 10.3 Å². The number of carbonyl (C=O) groups is 2. The van der Waals surface area contributed by atoms with Gasteiger partial charge >= 0.3 is 5.97 Å². The van der Waals surface area contributed by atoms with E-state index < -0.39 is 11.4 Å². The molecule has 1 amide bonds. The number of hydrogen-bond acceptors (Lipinski definition) is 4. The minimum atomic E-state index is -0.766. The van der Waals surface area contributed by atoms with E-state index in [-0.39, 0.29) is 5.91 Å². The first-order valence-electron chi connectivity index (χ1n) is 6.29. The van der Waals surface area contributed by atoms with Crippen LogP contribution in [0.4, 0.5) is 5.69 Å². The lowest BCUT2D eigenvalue weighted by atomic mass is 10.1. The van der Waals surface area contributed by atoms with Crippen molar-refractivity contribution < 1.29 is 14.7 Å². The average molecular weight is 263 g/mol. The van der Waals surface area contributed by atoms with Crippen LogP contribution in [0.3, 0.4) is 0 Å². The molecular weight excluding hydrogens is 246 g/mol. The maximum Gasteiger partial charge on any atom is 0.311 e. The van der Waals surface area contributed by atoms with Gasteiger partial charge in [0.2, 0.25) is 0 Å². The third kappa shape index (κ3) is 3.01. The molecule has 2 rings (SSSR count). The SMILES string of the molecule is CCNC(=O)c1cc(NCC2(C(=O)O)CC2)ccn1. The second kappa shape index (κ2) is 5.26. The molecule has 1 heterocycles. The van der Waals surface area contributed by atoms with Crippen LogP contribution in [-0.2, 0) is 4.79 Å². The van der Waals surface area contributed by atoms with Crippen LogP contribution in [0.15, 0.2) is 18.3 Å². The van der Waals surface area contributed by atoms with E-state index in [1.54, 1.807) is 12.1 Å². The number of carboxylic acid groups (broad SMARTS) is 1. The standard InChI is InChI=1S/C13H17N3O3/c1-2-14-11(17)10-7-9(3-6-15-10)16-8-13(4-5-13)12(18)19/h3,6-7H,2,4-5,8H2,1H3,(H,14,17)(H,15,16)(H,18,19). The minimum absolute atomic E-state index is 0.231. The van der Waals surface area contributed by atoms with Crippen molar-refractivity contribution in [3.63, 3.8) is 0 Å². The van der Waals surface area contributed by atoms with Crippen LogP contribution in [0, 0.1) is 5.41 Å². The lowest BCUT2D eigenvalue weighted by Crippen LogP contribution is -2.25. The number of carboxylic acids is 1. The molecule has 0 aromatic carbocycles. The summed E-state index contributed by atoms with van der Waals surface area (Å²) < 4.78 is 0. The van der Waals surface area contributed by atoms with Crippen molar-refractivity contribution in [2.75, 3.05) is 18.4 Å². The number of pyridine rings is 1. The molecule has 1 saturated carbocycles. The molecule has 1 aliphatic rings. The van der Waals surface area contributed by atoms with Crippen LogP contribution in [0.25, 0.3) is 0 Å². The van der Waals surface area contributed by atoms with Crippen molar-refractivity contribution in [3.8, 4) is 0 Å². The van der Waals surface area contributed by atoms with Gasteiger partial charge in [-0.25, -0.2) is 0 Å². The third-order valence-corrected chi connectivity index (χ3v) is 3.27. The fourth-order valence-electron chi connectivity index (χ4n) is 1.80. The summed E-state index contributed by atoms with van der Waals surface area (Å²) in [6.45, 7) is 2.76. The Balaban J connectivity index is 2.00. The average Bonchev–Trinajstić information content (AvgIpc) is 3.18. The van der Waals surface area contributed by atoms with Gasteiger partial charge in [-0.05, 0) is 31.9 Å². The predicted octanol–water partition coefficient (Wildman–Crippen LogP) is 1.11. The van der Waals surface area contributed by atoms with Gasteiger partial charge in [0.15, 0.2) is 0 Å². The fraction of sp³-hybridized carbons (Fsp3) is 0.462. The van der Waals surface area contributed by atoms with Crippen molar-refractivity contribution >= 4 is 17.6 Å². The highest BCUT2D eigenvalue weighted by Gasteiger charge is 2.49. The van der Waals surface area contributed by atoms with Crippen LogP contribution in [-0.4, -0.2) is 35.1 Å². The summed E-state index contributed by atoms with van der Waals surface area (Å²) in [5.41, 5.74) is 0.408. The highest BCUT2D eigenvalue weighted by molar-refractivity contribution is 5.93. The first-order chi connectivity index (χ1) is 9.07. The van der Waals surface area contributed by atoms with Gasteiger partial charge in [-0.3, -0.25) is 14.6 Å². The normalized spacial score (nSPS) is 15.6. The molecule has 1 aromatic heterocycles. The topological polar surface area (TPSA) is 91.3 Å². The Morgan fingerprint density at radius 1 is 1.47 bits per heavy atom. The van der Waals surface area contributed by atoms with Gasteiger partial charge in [0.05, 0.1) is 5.41 Å². The van der Waals surface area contributed by atoms with Gasteiger partial charge in [0.25, 0.3) is 5.91 Å². The molecule has 1 aromatic rings. The molecular formula is C13H17N3O3. The van der Waals surface area contributed by atoms with Crippen LogP contribution in [0.5, 0.6) is 0 Å². The summed E-state index contributed by atoms with van der Waals surface area (Å²) in [5.74, 6) is -0.997. The number of nitrogens with zero attached hydrogens (tertiary/aromatic N) is 1. The van der Waals surface area contributed by atoms with E-state index in [4.69, 9.17) is 5.11 Å². The Hall–Kier alpha value is -2.11. The zero-order valence-electron chi connectivity index (χ0n) is 10.8. The van der Waals surface area contributed by atoms with Crippen molar-refractivity contribution in [1.29, 1.82) is 0 Å². The summed E-state index contributed by atoms with van der Waals surface area (Å²) in [5, 5.41) is 14.8. The van der Waals surface area contributed by atoms with Crippen LogP contribution in [0.2, 0.25) is 0 Å². The van der Waals surface area contributed by atoms with Crippen LogP contribution >= 0.6 is 0 Å². The summed E-state index contributed by atoms with van der Waals surface area (Å²) in [4.78, 5) is 26.7. The van der Waals surface area contributed by atoms with Crippen LogP contribution in [0.1, 0.15) is 30.3 Å². The van der Waals surface area contributed by atoms with Crippen LogP contribution < -0.4 is 10.6 Å². The molecule has 0 spiro atoms. The van der Waals surface area contributed by atoms with E-state index in [1.165, 1.54) is 6.20 Å². The van der Waals surface area contributed by atoms with Gasteiger partial charge in [0.1, 0.15) is 5.69 Å². The van der Waals surface area contributed by atoms with Gasteiger partial charge in [-0.15, -0.1) is 0 Å².